The Bertz CT molecular complexity index is 944. The number of likely N-dealkylation sites (N-methyl/N-ethyl adjacent to an activating group) is 1. The number of amides is 1. The molecule has 1 N–H and O–H groups in total. The Kier molecular flexibility index (Phi) is 7.60. The molecule has 162 valence electrons. The van der Waals surface area contributed by atoms with E-state index in [1.165, 1.54) is 12.6 Å². The first-order valence-corrected chi connectivity index (χ1v) is 11.8. The monoisotopic (exact) mass is 431 g/mol. The van der Waals surface area contributed by atoms with Crippen LogP contribution in [0.2, 0.25) is 0 Å². The Labute approximate surface area is 178 Å². The SMILES string of the molecule is CN([C@@H](C(=O)NCc1cccc(CN2CCOCC2)c1)c1ccccc1)S(C)(=O)=O. The number of morpholine rings is 1. The smallest absolute Gasteiger partial charge is 0.243 e. The van der Waals surface area contributed by atoms with Gasteiger partial charge in [-0.1, -0.05) is 54.6 Å². The number of sulfonamides is 1. The van der Waals surface area contributed by atoms with Crippen molar-refractivity contribution in [3.63, 3.8) is 0 Å². The van der Waals surface area contributed by atoms with Gasteiger partial charge in [-0.25, -0.2) is 8.42 Å². The minimum atomic E-state index is -3.54. The van der Waals surface area contributed by atoms with Crippen LogP contribution in [-0.4, -0.2) is 63.1 Å². The number of carbonyl (C=O) groups is 1. The van der Waals surface area contributed by atoms with Gasteiger partial charge in [-0.15, -0.1) is 0 Å². The predicted octanol–water partition coefficient (Wildman–Crippen LogP) is 1.77. The lowest BCUT2D eigenvalue weighted by molar-refractivity contribution is -0.124. The average Bonchev–Trinajstić information content (AvgIpc) is 2.73. The van der Waals surface area contributed by atoms with Crippen molar-refractivity contribution in [3.8, 4) is 0 Å². The van der Waals surface area contributed by atoms with E-state index in [2.05, 4.69) is 22.3 Å². The number of ether oxygens (including phenoxy) is 1. The van der Waals surface area contributed by atoms with E-state index in [1.54, 1.807) is 24.3 Å². The molecule has 1 amide bonds. The Hall–Kier alpha value is -2.26. The third kappa shape index (κ3) is 6.12. The summed E-state index contributed by atoms with van der Waals surface area (Å²) in [6, 6.07) is 16.1. The quantitative estimate of drug-likeness (QED) is 0.689. The molecule has 1 heterocycles. The first-order valence-electron chi connectivity index (χ1n) is 9.98. The van der Waals surface area contributed by atoms with Crippen molar-refractivity contribution in [2.75, 3.05) is 39.6 Å². The molecule has 2 aromatic carbocycles. The van der Waals surface area contributed by atoms with Crippen LogP contribution in [0.4, 0.5) is 0 Å². The van der Waals surface area contributed by atoms with Crippen LogP contribution in [0.3, 0.4) is 0 Å². The standard InChI is InChI=1S/C22H29N3O4S/c1-24(30(2,27)28)21(20-9-4-3-5-10-20)22(26)23-16-18-7-6-8-19(15-18)17-25-11-13-29-14-12-25/h3-10,15,21H,11-14,16-17H2,1-2H3,(H,23,26)/t21-/m1/s1. The van der Waals surface area contributed by atoms with Crippen molar-refractivity contribution < 1.29 is 17.9 Å². The molecule has 0 radical (unpaired) electrons. The summed E-state index contributed by atoms with van der Waals surface area (Å²) in [5.41, 5.74) is 2.78. The number of hydrogen-bond acceptors (Lipinski definition) is 5. The van der Waals surface area contributed by atoms with E-state index in [4.69, 9.17) is 4.74 Å². The van der Waals surface area contributed by atoms with E-state index in [0.29, 0.717) is 12.1 Å². The molecule has 30 heavy (non-hydrogen) atoms. The van der Waals surface area contributed by atoms with Crippen molar-refractivity contribution in [2.45, 2.75) is 19.1 Å². The second kappa shape index (κ2) is 10.2. The fourth-order valence-electron chi connectivity index (χ4n) is 3.49. The summed E-state index contributed by atoms with van der Waals surface area (Å²) in [6.07, 6.45) is 1.10. The van der Waals surface area contributed by atoms with E-state index in [0.717, 1.165) is 49.0 Å². The van der Waals surface area contributed by atoms with Crippen LogP contribution in [-0.2, 0) is 32.6 Å². The number of nitrogens with zero attached hydrogens (tertiary/aromatic N) is 2. The summed E-state index contributed by atoms with van der Waals surface area (Å²) < 4.78 is 30.7. The molecule has 3 rings (SSSR count). The lowest BCUT2D eigenvalue weighted by atomic mass is 10.1. The van der Waals surface area contributed by atoms with Crippen LogP contribution in [0.15, 0.2) is 54.6 Å². The Morgan fingerprint density at radius 3 is 2.43 bits per heavy atom. The van der Waals surface area contributed by atoms with Crippen LogP contribution in [0.25, 0.3) is 0 Å². The molecule has 0 spiro atoms. The molecule has 0 saturated carbocycles. The number of benzene rings is 2. The molecule has 1 atom stereocenters. The van der Waals surface area contributed by atoms with Gasteiger partial charge in [0, 0.05) is 33.2 Å². The fraction of sp³-hybridized carbons (Fsp3) is 0.409. The van der Waals surface area contributed by atoms with Crippen LogP contribution >= 0.6 is 0 Å². The lowest BCUT2D eigenvalue weighted by Gasteiger charge is -2.27. The van der Waals surface area contributed by atoms with Gasteiger partial charge < -0.3 is 10.1 Å². The highest BCUT2D eigenvalue weighted by molar-refractivity contribution is 7.88. The van der Waals surface area contributed by atoms with Gasteiger partial charge in [0.1, 0.15) is 6.04 Å². The van der Waals surface area contributed by atoms with Crippen LogP contribution in [0.1, 0.15) is 22.7 Å². The molecule has 0 aliphatic carbocycles. The summed E-state index contributed by atoms with van der Waals surface area (Å²) >= 11 is 0. The first-order chi connectivity index (χ1) is 14.3. The fourth-order valence-corrected chi connectivity index (χ4v) is 4.09. The van der Waals surface area contributed by atoms with Crippen molar-refractivity contribution >= 4 is 15.9 Å². The molecule has 8 heteroatoms. The van der Waals surface area contributed by atoms with Crippen molar-refractivity contribution in [2.24, 2.45) is 0 Å². The van der Waals surface area contributed by atoms with E-state index < -0.39 is 16.1 Å². The molecule has 1 saturated heterocycles. The summed E-state index contributed by atoms with van der Waals surface area (Å²) in [7, 11) is -2.12. The topological polar surface area (TPSA) is 79.0 Å². The third-order valence-corrected chi connectivity index (χ3v) is 6.48. The summed E-state index contributed by atoms with van der Waals surface area (Å²) in [5, 5.41) is 2.90. The highest BCUT2D eigenvalue weighted by Crippen LogP contribution is 2.22. The average molecular weight is 432 g/mol. The number of carbonyl (C=O) groups excluding carboxylic acids is 1. The molecule has 2 aromatic rings. The van der Waals surface area contributed by atoms with Gasteiger partial charge in [0.05, 0.1) is 19.5 Å². The van der Waals surface area contributed by atoms with E-state index >= 15 is 0 Å². The summed E-state index contributed by atoms with van der Waals surface area (Å²) in [6.45, 7) is 4.51. The third-order valence-electron chi connectivity index (χ3n) is 5.22. The van der Waals surface area contributed by atoms with Gasteiger partial charge in [-0.05, 0) is 16.7 Å². The lowest BCUT2D eigenvalue weighted by Crippen LogP contribution is -2.41. The molecule has 7 nitrogen and oxygen atoms in total. The second-order valence-electron chi connectivity index (χ2n) is 7.52. The largest absolute Gasteiger partial charge is 0.379 e. The Morgan fingerprint density at radius 1 is 1.10 bits per heavy atom. The van der Waals surface area contributed by atoms with Gasteiger partial charge in [0.25, 0.3) is 0 Å². The normalized spacial score (nSPS) is 16.4. The molecule has 0 unspecified atom stereocenters. The second-order valence-corrected chi connectivity index (χ2v) is 9.56. The van der Waals surface area contributed by atoms with Gasteiger partial charge in [0.2, 0.25) is 15.9 Å². The maximum atomic E-state index is 13.0. The molecule has 1 aliphatic heterocycles. The highest BCUT2D eigenvalue weighted by atomic mass is 32.2. The zero-order valence-electron chi connectivity index (χ0n) is 17.5. The molecule has 0 aromatic heterocycles. The molecular formula is C22H29N3O4S. The van der Waals surface area contributed by atoms with Crippen molar-refractivity contribution in [1.82, 2.24) is 14.5 Å². The zero-order chi connectivity index (χ0) is 21.6. The molecule has 1 fully saturated rings. The minimum absolute atomic E-state index is 0.330. The van der Waals surface area contributed by atoms with Gasteiger partial charge in [-0.2, -0.15) is 4.31 Å². The number of hydrogen-bond donors (Lipinski definition) is 1. The van der Waals surface area contributed by atoms with Crippen LogP contribution in [0.5, 0.6) is 0 Å². The van der Waals surface area contributed by atoms with Crippen LogP contribution < -0.4 is 5.32 Å². The van der Waals surface area contributed by atoms with Gasteiger partial charge in [0.15, 0.2) is 0 Å². The Morgan fingerprint density at radius 2 is 1.77 bits per heavy atom. The number of nitrogens with one attached hydrogen (secondary N) is 1. The van der Waals surface area contributed by atoms with E-state index in [1.807, 2.05) is 18.2 Å². The van der Waals surface area contributed by atoms with Crippen molar-refractivity contribution in [3.05, 3.63) is 71.3 Å². The Balaban J connectivity index is 1.68. The van der Waals surface area contributed by atoms with Crippen LogP contribution in [0, 0.1) is 0 Å². The maximum absolute atomic E-state index is 13.0. The molecule has 0 bridgehead atoms. The summed E-state index contributed by atoms with van der Waals surface area (Å²) in [4.78, 5) is 15.3. The summed E-state index contributed by atoms with van der Waals surface area (Å²) in [5.74, 6) is -0.354. The first kappa shape index (κ1) is 22.4. The zero-order valence-corrected chi connectivity index (χ0v) is 18.3. The molecule has 1 aliphatic rings. The highest BCUT2D eigenvalue weighted by Gasteiger charge is 2.30. The molecular weight excluding hydrogens is 402 g/mol. The van der Waals surface area contributed by atoms with Gasteiger partial charge in [-0.3, -0.25) is 9.69 Å². The predicted molar refractivity (Wildman–Crippen MR) is 116 cm³/mol. The minimum Gasteiger partial charge on any atom is -0.379 e. The van der Waals surface area contributed by atoms with E-state index in [9.17, 15) is 13.2 Å². The van der Waals surface area contributed by atoms with E-state index in [-0.39, 0.29) is 5.91 Å². The maximum Gasteiger partial charge on any atom is 0.243 e. The van der Waals surface area contributed by atoms with Gasteiger partial charge >= 0.3 is 0 Å². The number of rotatable bonds is 8. The van der Waals surface area contributed by atoms with Crippen molar-refractivity contribution in [1.29, 1.82) is 0 Å².